The quantitative estimate of drug-likeness (QED) is 0.449. The van der Waals surface area contributed by atoms with Crippen LogP contribution >= 0.6 is 23.5 Å². The third kappa shape index (κ3) is 5.59. The van der Waals surface area contributed by atoms with E-state index in [1.165, 1.54) is 27.8 Å². The Kier molecular flexibility index (Phi) is 7.11. The fraction of sp³-hybridized carbons (Fsp3) is 0.300. The fourth-order valence-electron chi connectivity index (χ4n) is 2.64. The van der Waals surface area contributed by atoms with Gasteiger partial charge in [-0.25, -0.2) is 0 Å². The molecule has 3 aromatic rings. The molecule has 1 N–H and O–H groups in total. The smallest absolute Gasteiger partial charge is 0.230 e. The Labute approximate surface area is 173 Å². The van der Waals surface area contributed by atoms with Crippen LogP contribution in [0.2, 0.25) is 0 Å². The number of amides is 1. The molecule has 0 spiro atoms. The number of aryl methyl sites for hydroxylation is 3. The number of hydrogen-bond donors (Lipinski definition) is 1. The molecule has 0 saturated carbocycles. The molecule has 0 fully saturated rings. The second-order valence-corrected chi connectivity index (χ2v) is 8.57. The van der Waals surface area contributed by atoms with Gasteiger partial charge in [0.1, 0.15) is 0 Å². The first-order valence-corrected chi connectivity index (χ1v) is 10.9. The standard InChI is InChI=1S/C20H23N5OS2/c1-14-4-7-17(8-5-14)27-11-10-21-19(26)13-28-20-22-23-24-25(20)18-9-6-15(2)12-16(18)3/h4-9,12H,10-11,13H2,1-3H3,(H,21,26). The van der Waals surface area contributed by atoms with Crippen molar-refractivity contribution in [2.75, 3.05) is 18.1 Å². The molecule has 8 heteroatoms. The van der Waals surface area contributed by atoms with Gasteiger partial charge in [-0.1, -0.05) is 47.2 Å². The van der Waals surface area contributed by atoms with E-state index in [9.17, 15) is 4.79 Å². The monoisotopic (exact) mass is 413 g/mol. The number of benzene rings is 2. The maximum Gasteiger partial charge on any atom is 0.230 e. The lowest BCUT2D eigenvalue weighted by Gasteiger charge is -2.08. The zero-order valence-electron chi connectivity index (χ0n) is 16.2. The molecular weight excluding hydrogens is 390 g/mol. The number of thioether (sulfide) groups is 2. The van der Waals surface area contributed by atoms with Crippen LogP contribution in [0.4, 0.5) is 0 Å². The molecule has 146 valence electrons. The summed E-state index contributed by atoms with van der Waals surface area (Å²) in [5, 5.41) is 15.4. The van der Waals surface area contributed by atoms with Crippen LogP contribution in [0.5, 0.6) is 0 Å². The molecule has 6 nitrogen and oxygen atoms in total. The summed E-state index contributed by atoms with van der Waals surface area (Å²) in [7, 11) is 0. The predicted molar refractivity (Wildman–Crippen MR) is 114 cm³/mol. The van der Waals surface area contributed by atoms with Crippen molar-refractivity contribution in [2.45, 2.75) is 30.8 Å². The van der Waals surface area contributed by atoms with E-state index in [0.717, 1.165) is 17.0 Å². The second kappa shape index (κ2) is 9.75. The SMILES string of the molecule is Cc1ccc(SCCNC(=O)CSc2nnnn2-c2ccc(C)cc2C)cc1. The summed E-state index contributed by atoms with van der Waals surface area (Å²) < 4.78 is 1.68. The molecule has 0 unspecified atom stereocenters. The van der Waals surface area contributed by atoms with Gasteiger partial charge in [-0.2, -0.15) is 4.68 Å². The van der Waals surface area contributed by atoms with Gasteiger partial charge < -0.3 is 5.32 Å². The van der Waals surface area contributed by atoms with E-state index in [0.29, 0.717) is 11.7 Å². The average Bonchev–Trinajstić information content (AvgIpc) is 3.13. The van der Waals surface area contributed by atoms with Crippen molar-refractivity contribution in [1.29, 1.82) is 0 Å². The van der Waals surface area contributed by atoms with Crippen molar-refractivity contribution in [1.82, 2.24) is 25.5 Å². The highest BCUT2D eigenvalue weighted by Crippen LogP contribution is 2.21. The molecule has 1 aromatic heterocycles. The normalized spacial score (nSPS) is 10.8. The van der Waals surface area contributed by atoms with Crippen LogP contribution in [0, 0.1) is 20.8 Å². The van der Waals surface area contributed by atoms with Crippen LogP contribution in [0.1, 0.15) is 16.7 Å². The lowest BCUT2D eigenvalue weighted by atomic mass is 10.1. The first-order valence-electron chi connectivity index (χ1n) is 8.98. The van der Waals surface area contributed by atoms with Crippen LogP contribution in [0.25, 0.3) is 5.69 Å². The van der Waals surface area contributed by atoms with Crippen molar-refractivity contribution in [2.24, 2.45) is 0 Å². The molecular formula is C20H23N5OS2. The minimum atomic E-state index is -0.0234. The minimum Gasteiger partial charge on any atom is -0.355 e. The molecule has 0 aliphatic heterocycles. The summed E-state index contributed by atoms with van der Waals surface area (Å²) in [6, 6.07) is 14.5. The average molecular weight is 414 g/mol. The molecule has 0 atom stereocenters. The fourth-order valence-corrected chi connectivity index (χ4v) is 4.12. The molecule has 0 aliphatic rings. The number of carbonyl (C=O) groups is 1. The minimum absolute atomic E-state index is 0.0234. The van der Waals surface area contributed by atoms with Crippen LogP contribution in [0.3, 0.4) is 0 Å². The maximum atomic E-state index is 12.1. The van der Waals surface area contributed by atoms with Crippen molar-refractivity contribution in [3.05, 3.63) is 59.2 Å². The predicted octanol–water partition coefficient (Wildman–Crippen LogP) is 3.59. The Hall–Kier alpha value is -2.32. The zero-order valence-corrected chi connectivity index (χ0v) is 17.8. The van der Waals surface area contributed by atoms with Crippen molar-refractivity contribution >= 4 is 29.4 Å². The summed E-state index contributed by atoms with van der Waals surface area (Å²) in [5.74, 6) is 1.09. The van der Waals surface area contributed by atoms with Crippen molar-refractivity contribution in [3.8, 4) is 5.69 Å². The number of aromatic nitrogens is 4. The van der Waals surface area contributed by atoms with Crippen molar-refractivity contribution in [3.63, 3.8) is 0 Å². The number of nitrogens with one attached hydrogen (secondary N) is 1. The molecule has 1 amide bonds. The highest BCUT2D eigenvalue weighted by Gasteiger charge is 2.13. The molecule has 28 heavy (non-hydrogen) atoms. The van der Waals surface area contributed by atoms with Crippen LogP contribution in [0.15, 0.2) is 52.5 Å². The lowest BCUT2D eigenvalue weighted by molar-refractivity contribution is -0.118. The second-order valence-electron chi connectivity index (χ2n) is 6.46. The van der Waals surface area contributed by atoms with Crippen molar-refractivity contribution < 1.29 is 4.79 Å². The van der Waals surface area contributed by atoms with E-state index in [1.807, 2.05) is 26.0 Å². The molecule has 2 aromatic carbocycles. The van der Waals surface area contributed by atoms with Gasteiger partial charge in [0.05, 0.1) is 11.4 Å². The number of nitrogens with zero attached hydrogens (tertiary/aromatic N) is 4. The van der Waals surface area contributed by atoms with Gasteiger partial charge in [-0.3, -0.25) is 4.79 Å². The van der Waals surface area contributed by atoms with Crippen LogP contribution in [-0.4, -0.2) is 44.2 Å². The number of hydrogen-bond acceptors (Lipinski definition) is 6. The first kappa shape index (κ1) is 20.4. The molecule has 0 radical (unpaired) electrons. The number of carbonyl (C=O) groups excluding carboxylic acids is 1. The molecule has 0 bridgehead atoms. The van der Waals surface area contributed by atoms with Gasteiger partial charge in [0.2, 0.25) is 11.1 Å². The summed E-state index contributed by atoms with van der Waals surface area (Å²) in [6.45, 7) is 6.77. The maximum absolute atomic E-state index is 12.1. The van der Waals surface area contributed by atoms with E-state index in [1.54, 1.807) is 16.4 Å². The van der Waals surface area contributed by atoms with Gasteiger partial charge in [0.15, 0.2) is 0 Å². The van der Waals surface area contributed by atoms with E-state index in [2.05, 4.69) is 58.1 Å². The van der Waals surface area contributed by atoms with Gasteiger partial charge in [0.25, 0.3) is 0 Å². The molecule has 0 saturated heterocycles. The van der Waals surface area contributed by atoms with E-state index < -0.39 is 0 Å². The number of rotatable bonds is 8. The largest absolute Gasteiger partial charge is 0.355 e. The zero-order chi connectivity index (χ0) is 19.9. The van der Waals surface area contributed by atoms with E-state index >= 15 is 0 Å². The van der Waals surface area contributed by atoms with Gasteiger partial charge in [-0.15, -0.1) is 16.9 Å². The highest BCUT2D eigenvalue weighted by molar-refractivity contribution is 7.99. The Morgan fingerprint density at radius 2 is 1.79 bits per heavy atom. The van der Waals surface area contributed by atoms with E-state index in [-0.39, 0.29) is 11.7 Å². The lowest BCUT2D eigenvalue weighted by Crippen LogP contribution is -2.27. The van der Waals surface area contributed by atoms with Gasteiger partial charge in [0, 0.05) is 17.2 Å². The summed E-state index contributed by atoms with van der Waals surface area (Å²) in [5.41, 5.74) is 4.45. The molecule has 3 rings (SSSR count). The van der Waals surface area contributed by atoms with Gasteiger partial charge in [-0.05, 0) is 55.0 Å². The number of tetrazole rings is 1. The van der Waals surface area contributed by atoms with Crippen LogP contribution < -0.4 is 5.32 Å². The molecule has 0 aliphatic carbocycles. The Morgan fingerprint density at radius 3 is 2.54 bits per heavy atom. The highest BCUT2D eigenvalue weighted by atomic mass is 32.2. The third-order valence-electron chi connectivity index (χ3n) is 4.07. The Morgan fingerprint density at radius 1 is 1.04 bits per heavy atom. The van der Waals surface area contributed by atoms with E-state index in [4.69, 9.17) is 0 Å². The summed E-state index contributed by atoms with van der Waals surface area (Å²) in [6.07, 6.45) is 0. The van der Waals surface area contributed by atoms with Crippen LogP contribution in [-0.2, 0) is 4.79 Å². The topological polar surface area (TPSA) is 72.7 Å². The molecule has 1 heterocycles. The Balaban J connectivity index is 1.46. The summed E-state index contributed by atoms with van der Waals surface area (Å²) in [4.78, 5) is 13.3. The van der Waals surface area contributed by atoms with Gasteiger partial charge >= 0.3 is 0 Å². The Bertz CT molecular complexity index is 940. The third-order valence-corrected chi connectivity index (χ3v) is 6.00. The summed E-state index contributed by atoms with van der Waals surface area (Å²) >= 11 is 3.06. The first-order chi connectivity index (χ1) is 13.5.